The maximum Gasteiger partial charge on any atom is 0.237 e. The van der Waals surface area contributed by atoms with E-state index in [0.29, 0.717) is 22.8 Å². The van der Waals surface area contributed by atoms with E-state index in [-0.39, 0.29) is 36.6 Å². The molecule has 7 nitrogen and oxygen atoms in total. The molecule has 1 saturated carbocycles. The molecule has 2 aliphatic rings. The number of ketones is 1. The van der Waals surface area contributed by atoms with Crippen molar-refractivity contribution in [1.82, 2.24) is 10.6 Å². The molecule has 1 atom stereocenters. The van der Waals surface area contributed by atoms with Crippen LogP contribution >= 0.6 is 12.4 Å². The van der Waals surface area contributed by atoms with Crippen molar-refractivity contribution in [3.05, 3.63) is 17.7 Å². The fourth-order valence-corrected chi connectivity index (χ4v) is 4.48. The average molecular weight is 441 g/mol. The largest absolute Gasteiger partial charge is 0.493 e. The predicted molar refractivity (Wildman–Crippen MR) is 117 cm³/mol. The summed E-state index contributed by atoms with van der Waals surface area (Å²) in [6, 6.07) is 3.21. The van der Waals surface area contributed by atoms with Crippen molar-refractivity contribution >= 4 is 24.1 Å². The molecule has 1 saturated heterocycles. The van der Waals surface area contributed by atoms with Gasteiger partial charge in [-0.1, -0.05) is 19.3 Å². The molecule has 0 aromatic heterocycles. The summed E-state index contributed by atoms with van der Waals surface area (Å²) in [6.07, 6.45) is 6.94. The van der Waals surface area contributed by atoms with E-state index >= 15 is 0 Å². The standard InChI is InChI=1S/C22H32N2O5.ClH/c1-27-18-12-15(13-19(28-2)20(18)29-3)17(25)14-22(9-5-4-6-10-22)24-21(26)16-8-7-11-23-16;/h12-13,16,23H,4-11,14H2,1-3H3,(H,24,26);1H/t16-;/m0./s1. The van der Waals surface area contributed by atoms with Gasteiger partial charge in [0.25, 0.3) is 0 Å². The lowest BCUT2D eigenvalue weighted by Gasteiger charge is -2.38. The topological polar surface area (TPSA) is 85.9 Å². The lowest BCUT2D eigenvalue weighted by atomic mass is 9.77. The summed E-state index contributed by atoms with van der Waals surface area (Å²) in [6.45, 7) is 0.870. The van der Waals surface area contributed by atoms with Crippen molar-refractivity contribution in [2.75, 3.05) is 27.9 Å². The molecule has 0 spiro atoms. The number of carbonyl (C=O) groups is 2. The second kappa shape index (κ2) is 10.9. The maximum atomic E-state index is 13.2. The minimum absolute atomic E-state index is 0. The minimum Gasteiger partial charge on any atom is -0.493 e. The fraction of sp³-hybridized carbons (Fsp3) is 0.636. The number of benzene rings is 1. The Hall–Kier alpha value is -1.99. The molecule has 2 N–H and O–H groups in total. The zero-order valence-electron chi connectivity index (χ0n) is 18.0. The molecule has 168 valence electrons. The molecule has 1 heterocycles. The molecule has 1 aliphatic heterocycles. The van der Waals surface area contributed by atoms with Gasteiger partial charge >= 0.3 is 0 Å². The summed E-state index contributed by atoms with van der Waals surface area (Å²) in [7, 11) is 4.59. The van der Waals surface area contributed by atoms with Crippen LogP contribution in [0.15, 0.2) is 12.1 Å². The van der Waals surface area contributed by atoms with Crippen LogP contribution in [0, 0.1) is 0 Å². The number of hydrogen-bond donors (Lipinski definition) is 2. The van der Waals surface area contributed by atoms with Gasteiger partial charge in [0.15, 0.2) is 17.3 Å². The molecule has 0 radical (unpaired) electrons. The van der Waals surface area contributed by atoms with Crippen LogP contribution in [-0.2, 0) is 4.79 Å². The van der Waals surface area contributed by atoms with Gasteiger partial charge < -0.3 is 24.8 Å². The van der Waals surface area contributed by atoms with E-state index in [4.69, 9.17) is 14.2 Å². The molecule has 0 unspecified atom stereocenters. The third-order valence-corrected chi connectivity index (χ3v) is 6.06. The summed E-state index contributed by atoms with van der Waals surface area (Å²) in [5.74, 6) is 1.34. The fourth-order valence-electron chi connectivity index (χ4n) is 4.48. The van der Waals surface area contributed by atoms with Gasteiger partial charge in [-0.15, -0.1) is 12.4 Å². The van der Waals surface area contributed by atoms with Gasteiger partial charge in [-0.25, -0.2) is 0 Å². The Morgan fingerprint density at radius 3 is 2.17 bits per heavy atom. The second-order valence-corrected chi connectivity index (χ2v) is 7.99. The highest BCUT2D eigenvalue weighted by atomic mass is 35.5. The highest BCUT2D eigenvalue weighted by Crippen LogP contribution is 2.39. The molecule has 1 aliphatic carbocycles. The van der Waals surface area contributed by atoms with Gasteiger partial charge in [-0.05, 0) is 44.4 Å². The SMILES string of the molecule is COc1cc(C(=O)CC2(NC(=O)[C@@H]3CCCN3)CCCCC2)cc(OC)c1OC.Cl. The zero-order valence-corrected chi connectivity index (χ0v) is 18.9. The van der Waals surface area contributed by atoms with Crippen LogP contribution in [0.5, 0.6) is 17.2 Å². The lowest BCUT2D eigenvalue weighted by molar-refractivity contribution is -0.125. The number of halogens is 1. The quantitative estimate of drug-likeness (QED) is 0.603. The van der Waals surface area contributed by atoms with E-state index in [0.717, 1.165) is 51.5 Å². The molecule has 1 aromatic carbocycles. The van der Waals surface area contributed by atoms with Crippen LogP contribution in [0.2, 0.25) is 0 Å². The highest BCUT2D eigenvalue weighted by Gasteiger charge is 2.38. The molecule has 8 heteroatoms. The van der Waals surface area contributed by atoms with Crippen LogP contribution < -0.4 is 24.8 Å². The summed E-state index contributed by atoms with van der Waals surface area (Å²) < 4.78 is 16.1. The first-order chi connectivity index (χ1) is 14.0. The number of hydrogen-bond acceptors (Lipinski definition) is 6. The Balaban J connectivity index is 0.00000320. The Kier molecular flexibility index (Phi) is 8.79. The first-order valence-corrected chi connectivity index (χ1v) is 10.4. The summed E-state index contributed by atoms with van der Waals surface area (Å²) in [5, 5.41) is 6.49. The monoisotopic (exact) mass is 440 g/mol. The lowest BCUT2D eigenvalue weighted by Crippen LogP contribution is -2.55. The van der Waals surface area contributed by atoms with Crippen molar-refractivity contribution in [2.45, 2.75) is 62.9 Å². The Morgan fingerprint density at radius 2 is 1.67 bits per heavy atom. The molecule has 1 aromatic rings. The maximum absolute atomic E-state index is 13.2. The number of Topliss-reactive ketones (excluding diaryl/α,β-unsaturated/α-hetero) is 1. The van der Waals surface area contributed by atoms with Crippen LogP contribution in [0.3, 0.4) is 0 Å². The van der Waals surface area contributed by atoms with Gasteiger partial charge in [-0.3, -0.25) is 9.59 Å². The highest BCUT2D eigenvalue weighted by molar-refractivity contribution is 5.98. The molecule has 1 amide bonds. The van der Waals surface area contributed by atoms with Crippen LogP contribution in [0.25, 0.3) is 0 Å². The third kappa shape index (κ3) is 5.38. The predicted octanol–water partition coefficient (Wildman–Crippen LogP) is 3.28. The van der Waals surface area contributed by atoms with E-state index in [1.54, 1.807) is 12.1 Å². The van der Waals surface area contributed by atoms with Gasteiger partial charge in [0.05, 0.1) is 27.4 Å². The zero-order chi connectivity index (χ0) is 20.9. The van der Waals surface area contributed by atoms with Crippen molar-refractivity contribution in [2.24, 2.45) is 0 Å². The molecule has 0 bridgehead atoms. The Labute approximate surface area is 184 Å². The van der Waals surface area contributed by atoms with Crippen molar-refractivity contribution in [3.8, 4) is 17.2 Å². The van der Waals surface area contributed by atoms with Crippen LogP contribution in [-0.4, -0.2) is 51.1 Å². The average Bonchev–Trinajstić information content (AvgIpc) is 3.28. The van der Waals surface area contributed by atoms with Gasteiger partial charge in [-0.2, -0.15) is 0 Å². The number of carbonyl (C=O) groups excluding carboxylic acids is 2. The normalized spacial score (nSPS) is 20.0. The Morgan fingerprint density at radius 1 is 1.03 bits per heavy atom. The summed E-state index contributed by atoms with van der Waals surface area (Å²) in [4.78, 5) is 26.0. The number of ether oxygens (including phenoxy) is 3. The summed E-state index contributed by atoms with van der Waals surface area (Å²) in [5.41, 5.74) is 0.00886. The number of rotatable bonds is 8. The second-order valence-electron chi connectivity index (χ2n) is 7.99. The third-order valence-electron chi connectivity index (χ3n) is 6.06. The molecular weight excluding hydrogens is 408 g/mol. The van der Waals surface area contributed by atoms with Gasteiger partial charge in [0, 0.05) is 17.5 Å². The van der Waals surface area contributed by atoms with E-state index < -0.39 is 5.54 Å². The number of nitrogens with one attached hydrogen (secondary N) is 2. The van der Waals surface area contributed by atoms with Crippen LogP contribution in [0.4, 0.5) is 0 Å². The van der Waals surface area contributed by atoms with E-state index in [1.165, 1.54) is 21.3 Å². The molecule has 3 rings (SSSR count). The van der Waals surface area contributed by atoms with Gasteiger partial charge in [0.2, 0.25) is 11.7 Å². The van der Waals surface area contributed by atoms with E-state index in [2.05, 4.69) is 10.6 Å². The Bertz CT molecular complexity index is 718. The van der Waals surface area contributed by atoms with Crippen molar-refractivity contribution < 1.29 is 23.8 Å². The number of methoxy groups -OCH3 is 3. The van der Waals surface area contributed by atoms with E-state index in [1.807, 2.05) is 0 Å². The molecule has 2 fully saturated rings. The number of amides is 1. The van der Waals surface area contributed by atoms with Gasteiger partial charge in [0.1, 0.15) is 0 Å². The summed E-state index contributed by atoms with van der Waals surface area (Å²) >= 11 is 0. The van der Waals surface area contributed by atoms with Crippen LogP contribution in [0.1, 0.15) is 61.7 Å². The molecule has 30 heavy (non-hydrogen) atoms. The smallest absolute Gasteiger partial charge is 0.237 e. The van der Waals surface area contributed by atoms with Crippen molar-refractivity contribution in [1.29, 1.82) is 0 Å². The minimum atomic E-state index is -0.489. The van der Waals surface area contributed by atoms with E-state index in [9.17, 15) is 9.59 Å². The first kappa shape index (κ1) is 24.3. The van der Waals surface area contributed by atoms with Crippen molar-refractivity contribution in [3.63, 3.8) is 0 Å². The molecular formula is C22H33ClN2O5. The first-order valence-electron chi connectivity index (χ1n) is 10.4.